The zero-order valence-corrected chi connectivity index (χ0v) is 17.9. The van der Waals surface area contributed by atoms with Gasteiger partial charge in [-0.1, -0.05) is 39.0 Å². The van der Waals surface area contributed by atoms with Gasteiger partial charge in [0.15, 0.2) is 0 Å². The first-order valence-electron chi connectivity index (χ1n) is 10.2. The fourth-order valence-electron chi connectivity index (χ4n) is 3.28. The van der Waals surface area contributed by atoms with E-state index in [1.54, 1.807) is 31.4 Å². The van der Waals surface area contributed by atoms with Crippen LogP contribution in [0.1, 0.15) is 32.8 Å². The third-order valence-electron chi connectivity index (χ3n) is 4.67. The molecule has 1 aliphatic heterocycles. The van der Waals surface area contributed by atoms with Gasteiger partial charge in [0, 0.05) is 18.3 Å². The average Bonchev–Trinajstić information content (AvgIpc) is 2.96. The molecule has 0 fully saturated rings. The van der Waals surface area contributed by atoms with Crippen molar-refractivity contribution in [2.75, 3.05) is 25.6 Å². The minimum atomic E-state index is -0.320. The third-order valence-corrected chi connectivity index (χ3v) is 4.67. The minimum absolute atomic E-state index is 0.167. The largest absolute Gasteiger partial charge is 0.497 e. The molecule has 0 saturated heterocycles. The van der Waals surface area contributed by atoms with Crippen molar-refractivity contribution in [1.82, 2.24) is 4.90 Å². The van der Waals surface area contributed by atoms with Crippen molar-refractivity contribution in [3.05, 3.63) is 59.8 Å². The van der Waals surface area contributed by atoms with E-state index in [9.17, 15) is 9.59 Å². The van der Waals surface area contributed by atoms with Gasteiger partial charge in [0.25, 0.3) is 11.8 Å². The molecule has 158 valence electrons. The zero-order valence-electron chi connectivity index (χ0n) is 17.9. The number of benzene rings is 2. The minimum Gasteiger partial charge on any atom is -0.497 e. The maximum Gasteiger partial charge on any atom is 0.278 e. The summed E-state index contributed by atoms with van der Waals surface area (Å²) in [6.07, 6.45) is 0.904. The van der Waals surface area contributed by atoms with Crippen molar-refractivity contribution in [2.24, 2.45) is 5.92 Å². The van der Waals surface area contributed by atoms with Crippen LogP contribution >= 0.6 is 0 Å². The van der Waals surface area contributed by atoms with E-state index in [1.807, 2.05) is 45.0 Å². The van der Waals surface area contributed by atoms with E-state index in [1.165, 1.54) is 4.90 Å². The molecule has 0 bridgehead atoms. The molecule has 0 saturated carbocycles. The van der Waals surface area contributed by atoms with Crippen molar-refractivity contribution in [2.45, 2.75) is 27.2 Å². The lowest BCUT2D eigenvalue weighted by atomic mass is 10.0. The summed E-state index contributed by atoms with van der Waals surface area (Å²) in [5, 5.41) is 3.17. The maximum absolute atomic E-state index is 13.2. The van der Waals surface area contributed by atoms with Gasteiger partial charge >= 0.3 is 0 Å². The number of rotatable bonds is 9. The van der Waals surface area contributed by atoms with Crippen LogP contribution in [0.2, 0.25) is 0 Å². The number of hydrogen-bond donors (Lipinski definition) is 1. The number of amides is 2. The van der Waals surface area contributed by atoms with Crippen molar-refractivity contribution < 1.29 is 19.1 Å². The van der Waals surface area contributed by atoms with Crippen molar-refractivity contribution in [3.63, 3.8) is 0 Å². The van der Waals surface area contributed by atoms with Gasteiger partial charge in [-0.05, 0) is 42.2 Å². The molecule has 1 aliphatic rings. The van der Waals surface area contributed by atoms with Crippen LogP contribution < -0.4 is 14.8 Å². The summed E-state index contributed by atoms with van der Waals surface area (Å²) in [5.41, 5.74) is 2.00. The normalized spacial score (nSPS) is 14.0. The number of anilines is 1. The predicted octanol–water partition coefficient (Wildman–Crippen LogP) is 4.33. The highest BCUT2D eigenvalue weighted by molar-refractivity contribution is 6.36. The van der Waals surface area contributed by atoms with Gasteiger partial charge in [-0.25, -0.2) is 0 Å². The van der Waals surface area contributed by atoms with E-state index >= 15 is 0 Å². The van der Waals surface area contributed by atoms with E-state index in [0.717, 1.165) is 6.42 Å². The fourth-order valence-corrected chi connectivity index (χ4v) is 3.28. The van der Waals surface area contributed by atoms with Gasteiger partial charge < -0.3 is 14.8 Å². The quantitative estimate of drug-likeness (QED) is 0.626. The van der Waals surface area contributed by atoms with Crippen molar-refractivity contribution in [3.8, 4) is 11.5 Å². The van der Waals surface area contributed by atoms with Gasteiger partial charge in [0.05, 0.1) is 19.3 Å². The van der Waals surface area contributed by atoms with Gasteiger partial charge in [0.1, 0.15) is 17.2 Å². The Kier molecular flexibility index (Phi) is 6.77. The SMILES string of the molecule is CCCOc1cccc(NC2=C(c3ccc(OC)cc3)C(=O)N(CC(C)C)C2=O)c1. The standard InChI is InChI=1S/C24H28N2O4/c1-5-13-30-20-8-6-7-18(14-20)25-22-21(17-9-11-19(29-4)12-10-17)23(27)26(24(22)28)15-16(2)3/h6-12,14,16,25H,5,13,15H2,1-4H3. The molecular weight excluding hydrogens is 380 g/mol. The van der Waals surface area contributed by atoms with Crippen LogP contribution in [-0.4, -0.2) is 37.0 Å². The lowest BCUT2D eigenvalue weighted by molar-refractivity contribution is -0.137. The maximum atomic E-state index is 13.2. The van der Waals surface area contributed by atoms with Gasteiger partial charge in [-0.2, -0.15) is 0 Å². The molecule has 6 nitrogen and oxygen atoms in total. The zero-order chi connectivity index (χ0) is 21.7. The Morgan fingerprint density at radius 2 is 1.73 bits per heavy atom. The van der Waals surface area contributed by atoms with E-state index in [4.69, 9.17) is 9.47 Å². The van der Waals surface area contributed by atoms with Crippen LogP contribution in [0.3, 0.4) is 0 Å². The molecule has 2 aromatic rings. The number of carbonyl (C=O) groups excluding carboxylic acids is 2. The molecule has 0 spiro atoms. The van der Waals surface area contributed by atoms with Crippen LogP contribution in [-0.2, 0) is 9.59 Å². The Labute approximate surface area is 177 Å². The average molecular weight is 408 g/mol. The van der Waals surface area contributed by atoms with Gasteiger partial charge in [-0.15, -0.1) is 0 Å². The second-order valence-corrected chi connectivity index (χ2v) is 7.59. The smallest absolute Gasteiger partial charge is 0.278 e. The van der Waals surface area contributed by atoms with Crippen LogP contribution in [0.5, 0.6) is 11.5 Å². The molecule has 0 radical (unpaired) electrons. The highest BCUT2D eigenvalue weighted by atomic mass is 16.5. The highest BCUT2D eigenvalue weighted by Crippen LogP contribution is 2.32. The summed E-state index contributed by atoms with van der Waals surface area (Å²) in [6, 6.07) is 14.5. The molecular formula is C24H28N2O4. The summed E-state index contributed by atoms with van der Waals surface area (Å²) < 4.78 is 10.9. The second kappa shape index (κ2) is 9.48. The second-order valence-electron chi connectivity index (χ2n) is 7.59. The molecule has 0 atom stereocenters. The Balaban J connectivity index is 1.99. The summed E-state index contributed by atoms with van der Waals surface area (Å²) >= 11 is 0. The highest BCUT2D eigenvalue weighted by Gasteiger charge is 2.39. The number of carbonyl (C=O) groups is 2. The Morgan fingerprint density at radius 3 is 2.37 bits per heavy atom. The number of nitrogens with one attached hydrogen (secondary N) is 1. The van der Waals surface area contributed by atoms with E-state index < -0.39 is 0 Å². The first kappa shape index (κ1) is 21.4. The number of nitrogens with zero attached hydrogens (tertiary/aromatic N) is 1. The first-order valence-corrected chi connectivity index (χ1v) is 10.2. The molecule has 6 heteroatoms. The van der Waals surface area contributed by atoms with Crippen LogP contribution in [0.15, 0.2) is 54.2 Å². The number of imide groups is 1. The molecule has 1 N–H and O–H groups in total. The van der Waals surface area contributed by atoms with Crippen LogP contribution in [0.4, 0.5) is 5.69 Å². The molecule has 0 aromatic heterocycles. The number of methoxy groups -OCH3 is 1. The molecule has 30 heavy (non-hydrogen) atoms. The van der Waals surface area contributed by atoms with E-state index in [0.29, 0.717) is 41.5 Å². The fraction of sp³-hybridized carbons (Fsp3) is 0.333. The lowest BCUT2D eigenvalue weighted by Crippen LogP contribution is -2.35. The van der Waals surface area contributed by atoms with Gasteiger partial charge in [0.2, 0.25) is 0 Å². The van der Waals surface area contributed by atoms with Crippen LogP contribution in [0, 0.1) is 5.92 Å². The summed E-state index contributed by atoms with van der Waals surface area (Å²) in [5.74, 6) is 0.953. The molecule has 0 aliphatic carbocycles. The monoisotopic (exact) mass is 408 g/mol. The summed E-state index contributed by atoms with van der Waals surface area (Å²) in [4.78, 5) is 27.6. The molecule has 0 unspecified atom stereocenters. The van der Waals surface area contributed by atoms with E-state index in [2.05, 4.69) is 5.32 Å². The molecule has 3 rings (SSSR count). The van der Waals surface area contributed by atoms with Crippen LogP contribution in [0.25, 0.3) is 5.57 Å². The molecule has 2 aromatic carbocycles. The lowest BCUT2D eigenvalue weighted by Gasteiger charge is -2.17. The Hall–Kier alpha value is -3.28. The van der Waals surface area contributed by atoms with E-state index in [-0.39, 0.29) is 23.4 Å². The topological polar surface area (TPSA) is 67.9 Å². The van der Waals surface area contributed by atoms with Crippen molar-refractivity contribution >= 4 is 23.1 Å². The van der Waals surface area contributed by atoms with Gasteiger partial charge in [-0.3, -0.25) is 14.5 Å². The molecule has 2 amide bonds. The first-order chi connectivity index (χ1) is 14.4. The number of hydrogen-bond acceptors (Lipinski definition) is 5. The Morgan fingerprint density at radius 1 is 1.00 bits per heavy atom. The predicted molar refractivity (Wildman–Crippen MR) is 117 cm³/mol. The number of ether oxygens (including phenoxy) is 2. The third kappa shape index (κ3) is 4.64. The Bertz CT molecular complexity index is 948. The molecule has 1 heterocycles. The van der Waals surface area contributed by atoms with Crippen molar-refractivity contribution in [1.29, 1.82) is 0 Å². The summed E-state index contributed by atoms with van der Waals surface area (Å²) in [6.45, 7) is 6.98. The summed E-state index contributed by atoms with van der Waals surface area (Å²) in [7, 11) is 1.59.